The molecule has 0 saturated heterocycles. The van der Waals surface area contributed by atoms with Crippen LogP contribution in [0.15, 0.2) is 47.0 Å². The van der Waals surface area contributed by atoms with Gasteiger partial charge in [0.15, 0.2) is 0 Å². The monoisotopic (exact) mass is 294 g/mol. The molecule has 0 aliphatic carbocycles. The molecule has 0 bridgehead atoms. The van der Waals surface area contributed by atoms with Gasteiger partial charge in [-0.15, -0.1) is 0 Å². The molecule has 1 N–H and O–H groups in total. The first-order valence-electron chi connectivity index (χ1n) is 7.34. The first kappa shape index (κ1) is 14.3. The van der Waals surface area contributed by atoms with Crippen molar-refractivity contribution < 1.29 is 9.32 Å². The van der Waals surface area contributed by atoms with Crippen molar-refractivity contribution in [2.75, 3.05) is 5.32 Å². The van der Waals surface area contributed by atoms with Crippen LogP contribution in [-0.2, 0) is 11.2 Å². The maximum absolute atomic E-state index is 12.2. The lowest BCUT2D eigenvalue weighted by atomic mass is 10.1. The van der Waals surface area contributed by atoms with Crippen molar-refractivity contribution in [3.8, 4) is 0 Å². The SMILES string of the molecule is Cc1noc(C)c1CCC(=O)Nc1cccc2ccccc12. The first-order chi connectivity index (χ1) is 10.6. The zero-order chi connectivity index (χ0) is 15.5. The number of benzene rings is 2. The fourth-order valence-electron chi connectivity index (χ4n) is 2.64. The highest BCUT2D eigenvalue weighted by molar-refractivity contribution is 6.02. The predicted octanol–water partition coefficient (Wildman–Crippen LogP) is 4.02. The Morgan fingerprint density at radius 1 is 1.14 bits per heavy atom. The van der Waals surface area contributed by atoms with Crippen molar-refractivity contribution in [2.24, 2.45) is 0 Å². The quantitative estimate of drug-likeness (QED) is 0.790. The van der Waals surface area contributed by atoms with Crippen molar-refractivity contribution in [2.45, 2.75) is 26.7 Å². The lowest BCUT2D eigenvalue weighted by Crippen LogP contribution is -2.12. The van der Waals surface area contributed by atoms with Gasteiger partial charge in [0.2, 0.25) is 5.91 Å². The number of fused-ring (bicyclic) bond motifs is 1. The van der Waals surface area contributed by atoms with E-state index in [1.807, 2.05) is 56.3 Å². The number of aromatic nitrogens is 1. The number of amides is 1. The molecule has 22 heavy (non-hydrogen) atoms. The number of hydrogen-bond donors (Lipinski definition) is 1. The maximum atomic E-state index is 12.2. The molecular weight excluding hydrogens is 276 g/mol. The van der Waals surface area contributed by atoms with Crippen molar-refractivity contribution in [3.05, 3.63) is 59.5 Å². The third-order valence-corrected chi connectivity index (χ3v) is 3.85. The van der Waals surface area contributed by atoms with E-state index in [-0.39, 0.29) is 5.91 Å². The number of rotatable bonds is 4. The molecule has 4 heteroatoms. The number of nitrogens with zero attached hydrogens (tertiary/aromatic N) is 1. The highest BCUT2D eigenvalue weighted by atomic mass is 16.5. The third kappa shape index (κ3) is 2.86. The molecule has 0 aliphatic rings. The van der Waals surface area contributed by atoms with Crippen molar-refractivity contribution >= 4 is 22.4 Å². The standard InChI is InChI=1S/C18H18N2O2/c1-12-15(13(2)22-20-12)10-11-18(21)19-17-9-5-7-14-6-3-4-8-16(14)17/h3-9H,10-11H2,1-2H3,(H,19,21). The summed E-state index contributed by atoms with van der Waals surface area (Å²) in [5.41, 5.74) is 2.73. The molecule has 0 saturated carbocycles. The molecule has 3 rings (SSSR count). The minimum Gasteiger partial charge on any atom is -0.361 e. The molecule has 0 atom stereocenters. The van der Waals surface area contributed by atoms with Crippen LogP contribution in [-0.4, -0.2) is 11.1 Å². The molecule has 3 aromatic rings. The molecule has 0 radical (unpaired) electrons. The van der Waals surface area contributed by atoms with Gasteiger partial charge in [-0.1, -0.05) is 41.6 Å². The minimum atomic E-state index is -0.00338. The average molecular weight is 294 g/mol. The summed E-state index contributed by atoms with van der Waals surface area (Å²) < 4.78 is 5.12. The Hall–Kier alpha value is -2.62. The number of hydrogen-bond acceptors (Lipinski definition) is 3. The summed E-state index contributed by atoms with van der Waals surface area (Å²) in [7, 11) is 0. The van der Waals surface area contributed by atoms with Crippen LogP contribution in [0.5, 0.6) is 0 Å². The second-order valence-corrected chi connectivity index (χ2v) is 5.38. The Balaban J connectivity index is 1.71. The fourth-order valence-corrected chi connectivity index (χ4v) is 2.64. The van der Waals surface area contributed by atoms with Gasteiger partial charge in [-0.25, -0.2) is 0 Å². The maximum Gasteiger partial charge on any atom is 0.224 e. The number of carbonyl (C=O) groups is 1. The molecule has 1 heterocycles. The molecule has 0 unspecified atom stereocenters. The topological polar surface area (TPSA) is 55.1 Å². The van der Waals surface area contributed by atoms with Gasteiger partial charge in [-0.2, -0.15) is 0 Å². The molecule has 1 aromatic heterocycles. The van der Waals surface area contributed by atoms with Gasteiger partial charge >= 0.3 is 0 Å². The highest BCUT2D eigenvalue weighted by Crippen LogP contribution is 2.23. The molecule has 0 fully saturated rings. The number of carbonyl (C=O) groups excluding carboxylic acids is 1. The van der Waals surface area contributed by atoms with E-state index < -0.39 is 0 Å². The van der Waals surface area contributed by atoms with E-state index in [2.05, 4.69) is 10.5 Å². The van der Waals surface area contributed by atoms with E-state index >= 15 is 0 Å². The van der Waals surface area contributed by atoms with E-state index in [4.69, 9.17) is 4.52 Å². The lowest BCUT2D eigenvalue weighted by Gasteiger charge is -2.08. The summed E-state index contributed by atoms with van der Waals surface area (Å²) in [6.07, 6.45) is 1.05. The van der Waals surface area contributed by atoms with Gasteiger partial charge < -0.3 is 9.84 Å². The summed E-state index contributed by atoms with van der Waals surface area (Å²) in [4.78, 5) is 12.2. The normalized spacial score (nSPS) is 10.8. The fraction of sp³-hybridized carbons (Fsp3) is 0.222. The lowest BCUT2D eigenvalue weighted by molar-refractivity contribution is -0.116. The van der Waals surface area contributed by atoms with E-state index in [1.165, 1.54) is 0 Å². The van der Waals surface area contributed by atoms with Gasteiger partial charge in [0.1, 0.15) is 5.76 Å². The van der Waals surface area contributed by atoms with E-state index in [9.17, 15) is 4.79 Å². The second kappa shape index (κ2) is 6.02. The van der Waals surface area contributed by atoms with Crippen LogP contribution in [0.3, 0.4) is 0 Å². The van der Waals surface area contributed by atoms with Crippen LogP contribution in [0, 0.1) is 13.8 Å². The number of anilines is 1. The Labute approximate surface area is 129 Å². The Morgan fingerprint density at radius 3 is 2.68 bits per heavy atom. The van der Waals surface area contributed by atoms with Gasteiger partial charge in [0.05, 0.1) is 5.69 Å². The zero-order valence-corrected chi connectivity index (χ0v) is 12.7. The largest absolute Gasteiger partial charge is 0.361 e. The average Bonchev–Trinajstić information content (AvgIpc) is 2.84. The minimum absolute atomic E-state index is 0.00338. The van der Waals surface area contributed by atoms with Crippen LogP contribution >= 0.6 is 0 Å². The van der Waals surface area contributed by atoms with Gasteiger partial charge in [0.25, 0.3) is 0 Å². The Morgan fingerprint density at radius 2 is 1.91 bits per heavy atom. The van der Waals surface area contributed by atoms with Crippen LogP contribution in [0.1, 0.15) is 23.4 Å². The molecule has 112 valence electrons. The van der Waals surface area contributed by atoms with Gasteiger partial charge in [-0.3, -0.25) is 4.79 Å². The Kier molecular flexibility index (Phi) is 3.92. The molecular formula is C18H18N2O2. The smallest absolute Gasteiger partial charge is 0.224 e. The summed E-state index contributed by atoms with van der Waals surface area (Å²) in [5.74, 6) is 0.784. The number of nitrogens with one attached hydrogen (secondary N) is 1. The number of aryl methyl sites for hydroxylation is 2. The summed E-state index contributed by atoms with van der Waals surface area (Å²) >= 11 is 0. The van der Waals surface area contributed by atoms with Crippen LogP contribution in [0.25, 0.3) is 10.8 Å². The van der Waals surface area contributed by atoms with Crippen molar-refractivity contribution in [1.29, 1.82) is 0 Å². The van der Waals surface area contributed by atoms with Gasteiger partial charge in [-0.05, 0) is 31.7 Å². The van der Waals surface area contributed by atoms with Gasteiger partial charge in [0, 0.05) is 23.1 Å². The summed E-state index contributed by atoms with van der Waals surface area (Å²) in [6, 6.07) is 13.9. The highest BCUT2D eigenvalue weighted by Gasteiger charge is 2.12. The summed E-state index contributed by atoms with van der Waals surface area (Å²) in [5, 5.41) is 9.08. The molecule has 0 spiro atoms. The van der Waals surface area contributed by atoms with Crippen LogP contribution < -0.4 is 5.32 Å². The molecule has 2 aromatic carbocycles. The van der Waals surface area contributed by atoms with Crippen LogP contribution in [0.2, 0.25) is 0 Å². The third-order valence-electron chi connectivity index (χ3n) is 3.85. The molecule has 1 amide bonds. The van der Waals surface area contributed by atoms with Crippen molar-refractivity contribution in [3.63, 3.8) is 0 Å². The summed E-state index contributed by atoms with van der Waals surface area (Å²) in [6.45, 7) is 3.77. The molecule has 4 nitrogen and oxygen atoms in total. The molecule has 0 aliphatic heterocycles. The first-order valence-corrected chi connectivity index (χ1v) is 7.34. The Bertz CT molecular complexity index is 796. The van der Waals surface area contributed by atoms with Crippen LogP contribution in [0.4, 0.5) is 5.69 Å². The van der Waals surface area contributed by atoms with E-state index in [0.29, 0.717) is 12.8 Å². The van der Waals surface area contributed by atoms with Crippen molar-refractivity contribution in [1.82, 2.24) is 5.16 Å². The zero-order valence-electron chi connectivity index (χ0n) is 12.7. The second-order valence-electron chi connectivity index (χ2n) is 5.38. The van der Waals surface area contributed by atoms with E-state index in [1.54, 1.807) is 0 Å². The predicted molar refractivity (Wildman–Crippen MR) is 86.9 cm³/mol. The van der Waals surface area contributed by atoms with E-state index in [0.717, 1.165) is 33.5 Å².